The van der Waals surface area contributed by atoms with Gasteiger partial charge in [-0.3, -0.25) is 9.59 Å². The number of nitrogens with two attached hydrogens (primary N) is 1. The summed E-state index contributed by atoms with van der Waals surface area (Å²) in [4.78, 5) is 24.3. The number of benzene rings is 3. The molecule has 0 saturated carbocycles. The van der Waals surface area contributed by atoms with Gasteiger partial charge in [-0.05, 0) is 6.92 Å². The predicted octanol–water partition coefficient (Wildman–Crippen LogP) is 0.747. The summed E-state index contributed by atoms with van der Waals surface area (Å²) < 4.78 is 11.7. The number of aromatic hydroxyl groups is 4. The highest BCUT2D eigenvalue weighted by Gasteiger charge is 2.48. The molecule has 9 N–H and O–H groups in total. The van der Waals surface area contributed by atoms with E-state index in [1.165, 1.54) is 18.2 Å². The largest absolute Gasteiger partial charge is 0.507 e. The second-order valence-electron chi connectivity index (χ2n) is 10.2. The van der Waals surface area contributed by atoms with Gasteiger partial charge in [-0.15, -0.1) is 0 Å². The van der Waals surface area contributed by atoms with E-state index in [0.717, 1.165) is 0 Å². The molecule has 12 heteroatoms. The fourth-order valence-corrected chi connectivity index (χ4v) is 5.77. The number of carbonyl (C=O) groups is 2. The monoisotopic (exact) mass is 543 g/mol. The summed E-state index contributed by atoms with van der Waals surface area (Å²) in [5.41, 5.74) is 3.54. The van der Waals surface area contributed by atoms with Crippen molar-refractivity contribution < 1.29 is 54.8 Å². The van der Waals surface area contributed by atoms with Crippen LogP contribution >= 0.6 is 0 Å². The third kappa shape index (κ3) is 4.07. The maximum absolute atomic E-state index is 12.6. The third-order valence-corrected chi connectivity index (χ3v) is 7.82. The molecule has 1 unspecified atom stereocenters. The number of hydrogen-bond donors (Lipinski definition) is 8. The molecule has 3 aromatic carbocycles. The fourth-order valence-electron chi connectivity index (χ4n) is 5.77. The molecule has 0 bridgehead atoms. The number of aliphatic hydroxyl groups excluding tert-OH is 2. The van der Waals surface area contributed by atoms with Gasteiger partial charge < -0.3 is 51.0 Å². The molecular weight excluding hydrogens is 514 g/mol. The van der Waals surface area contributed by atoms with Crippen molar-refractivity contribution in [2.45, 2.75) is 62.4 Å². The molecule has 0 spiro atoms. The minimum absolute atomic E-state index is 0.0155. The highest BCUT2D eigenvalue weighted by Crippen LogP contribution is 2.56. The lowest BCUT2D eigenvalue weighted by Gasteiger charge is -2.41. The molecule has 1 aliphatic carbocycles. The smallest absolute Gasteiger partial charge is 0.190 e. The Morgan fingerprint density at radius 2 is 1.82 bits per heavy atom. The van der Waals surface area contributed by atoms with Gasteiger partial charge in [0.15, 0.2) is 18.4 Å². The molecular formula is C27H29NO11. The maximum Gasteiger partial charge on any atom is 0.190 e. The number of hydrogen-bond acceptors (Lipinski definition) is 12. The van der Waals surface area contributed by atoms with E-state index in [-0.39, 0.29) is 44.7 Å². The van der Waals surface area contributed by atoms with Crippen molar-refractivity contribution in [1.82, 2.24) is 0 Å². The maximum atomic E-state index is 12.6. The van der Waals surface area contributed by atoms with E-state index >= 15 is 0 Å². The Labute approximate surface area is 221 Å². The predicted molar refractivity (Wildman–Crippen MR) is 136 cm³/mol. The number of phenolic OH excluding ortho intramolecular Hbond substituents is 4. The molecule has 5 rings (SSSR count). The van der Waals surface area contributed by atoms with E-state index in [4.69, 9.17) is 15.2 Å². The lowest BCUT2D eigenvalue weighted by atomic mass is 9.74. The number of fused-ring (bicyclic) bond motifs is 3. The van der Waals surface area contributed by atoms with Crippen LogP contribution in [-0.4, -0.2) is 84.6 Å². The van der Waals surface area contributed by atoms with Crippen LogP contribution in [0.15, 0.2) is 18.2 Å². The number of aliphatic hydroxyl groups is 3. The fraction of sp³-hybridized carbons (Fsp3) is 0.407. The van der Waals surface area contributed by atoms with Crippen molar-refractivity contribution in [2.75, 3.05) is 6.61 Å². The Morgan fingerprint density at radius 3 is 2.46 bits per heavy atom. The van der Waals surface area contributed by atoms with Crippen molar-refractivity contribution in [2.24, 2.45) is 5.73 Å². The molecule has 0 amide bonds. The first-order valence-corrected chi connectivity index (χ1v) is 12.4. The van der Waals surface area contributed by atoms with Gasteiger partial charge in [-0.25, -0.2) is 0 Å². The van der Waals surface area contributed by atoms with E-state index < -0.39 is 84.5 Å². The summed E-state index contributed by atoms with van der Waals surface area (Å²) in [5, 5.41) is 75.3. The number of ether oxygens (including phenoxy) is 2. The van der Waals surface area contributed by atoms with Crippen LogP contribution in [0.25, 0.3) is 21.5 Å². The van der Waals surface area contributed by atoms with Crippen molar-refractivity contribution in [3.8, 4) is 23.0 Å². The van der Waals surface area contributed by atoms with Crippen LogP contribution < -0.4 is 5.73 Å². The molecule has 1 heterocycles. The summed E-state index contributed by atoms with van der Waals surface area (Å²) in [5.74, 6) is -3.38. The Morgan fingerprint density at radius 1 is 1.13 bits per heavy atom. The zero-order chi connectivity index (χ0) is 28.4. The molecule has 2 aliphatic rings. The van der Waals surface area contributed by atoms with Gasteiger partial charge in [0, 0.05) is 52.8 Å². The highest BCUT2D eigenvalue weighted by molar-refractivity contribution is 6.18. The molecule has 0 aromatic heterocycles. The molecule has 0 radical (unpaired) electrons. The summed E-state index contributed by atoms with van der Waals surface area (Å²) in [6.07, 6.45) is -4.63. The van der Waals surface area contributed by atoms with E-state index in [1.54, 1.807) is 6.92 Å². The minimum Gasteiger partial charge on any atom is -0.507 e. The number of aldehydes is 1. The van der Waals surface area contributed by atoms with Gasteiger partial charge in [0.25, 0.3) is 0 Å². The Bertz CT molecular complexity index is 1490. The van der Waals surface area contributed by atoms with Crippen LogP contribution in [0.2, 0.25) is 0 Å². The van der Waals surface area contributed by atoms with Gasteiger partial charge in [0.05, 0.1) is 29.1 Å². The molecule has 3 aromatic rings. The van der Waals surface area contributed by atoms with Crippen molar-refractivity contribution in [3.05, 3.63) is 34.9 Å². The van der Waals surface area contributed by atoms with Gasteiger partial charge >= 0.3 is 0 Å². The average Bonchev–Trinajstić information content (AvgIpc) is 2.90. The lowest BCUT2D eigenvalue weighted by Crippen LogP contribution is -2.52. The second-order valence-corrected chi connectivity index (χ2v) is 10.2. The first kappa shape index (κ1) is 27.1. The first-order chi connectivity index (χ1) is 18.4. The zero-order valence-corrected chi connectivity index (χ0v) is 20.9. The van der Waals surface area contributed by atoms with E-state index in [9.17, 15) is 45.3 Å². The summed E-state index contributed by atoms with van der Waals surface area (Å²) in [7, 11) is 0. The molecule has 1 saturated heterocycles. The average molecular weight is 544 g/mol. The number of Topliss-reactive ketones (excluding diaryl/α,β-unsaturated/α-hetero) is 1. The van der Waals surface area contributed by atoms with Crippen LogP contribution in [0.3, 0.4) is 0 Å². The summed E-state index contributed by atoms with van der Waals surface area (Å²) >= 11 is 0. The van der Waals surface area contributed by atoms with Gasteiger partial charge in [-0.2, -0.15) is 0 Å². The van der Waals surface area contributed by atoms with Crippen molar-refractivity contribution >= 4 is 33.6 Å². The molecule has 39 heavy (non-hydrogen) atoms. The third-order valence-electron chi connectivity index (χ3n) is 7.82. The molecule has 1 aliphatic heterocycles. The Hall–Kier alpha value is -3.52. The number of carbonyl (C=O) groups excluding carboxylic acids is 2. The summed E-state index contributed by atoms with van der Waals surface area (Å²) in [6.45, 7) is 0.561. The van der Waals surface area contributed by atoms with E-state index in [2.05, 4.69) is 0 Å². The highest BCUT2D eigenvalue weighted by atomic mass is 16.7. The van der Waals surface area contributed by atoms with Gasteiger partial charge in [0.2, 0.25) is 0 Å². The van der Waals surface area contributed by atoms with Gasteiger partial charge in [0.1, 0.15) is 35.2 Å². The zero-order valence-electron chi connectivity index (χ0n) is 20.9. The Balaban J connectivity index is 1.77. The topological polar surface area (TPSA) is 220 Å². The standard InChI is InChI=1S/C27H29NO11/c1-10-22(32)14(28)5-17(38-10)39-15-7-27(37,16(31)9-30)6-13-19(15)26(36)21-20(24(13)34)23(33)12-4-2-3-11(8-29)18(12)25(21)35/h2-4,8,10,14-15,17,22,30,32-37H,5-7,9,28H2,1H3/t10-,14-,15-,17?,22+,27-/m0/s1. The van der Waals surface area contributed by atoms with E-state index in [0.29, 0.717) is 6.29 Å². The van der Waals surface area contributed by atoms with Crippen LogP contribution in [-0.2, 0) is 20.7 Å². The number of rotatable bonds is 5. The molecule has 6 atom stereocenters. The van der Waals surface area contributed by atoms with Crippen LogP contribution in [0.5, 0.6) is 23.0 Å². The Kier molecular flexibility index (Phi) is 6.66. The van der Waals surface area contributed by atoms with Crippen molar-refractivity contribution in [1.29, 1.82) is 0 Å². The normalized spacial score (nSPS) is 28.9. The lowest BCUT2D eigenvalue weighted by molar-refractivity contribution is -0.247. The quantitative estimate of drug-likeness (QED) is 0.127. The molecule has 12 nitrogen and oxygen atoms in total. The molecule has 208 valence electrons. The van der Waals surface area contributed by atoms with Crippen LogP contribution in [0, 0.1) is 0 Å². The minimum atomic E-state index is -2.23. The van der Waals surface area contributed by atoms with Crippen LogP contribution in [0.4, 0.5) is 0 Å². The molecule has 1 fully saturated rings. The summed E-state index contributed by atoms with van der Waals surface area (Å²) in [6, 6.07) is 3.54. The van der Waals surface area contributed by atoms with E-state index in [1.807, 2.05) is 0 Å². The number of ketones is 1. The second kappa shape index (κ2) is 9.59. The van der Waals surface area contributed by atoms with Gasteiger partial charge in [-0.1, -0.05) is 18.2 Å². The van der Waals surface area contributed by atoms with Crippen molar-refractivity contribution in [3.63, 3.8) is 0 Å². The number of phenols is 4. The van der Waals surface area contributed by atoms with Crippen LogP contribution in [0.1, 0.15) is 47.4 Å². The SMILES string of the molecule is C[C@@H]1OC(O[C@H]2C[C@](O)(C(=O)CO)Cc3c2c(O)c2c(O)c4c(C=O)cccc4c(O)c2c3O)C[C@H](N)[C@@H]1O. The first-order valence-electron chi connectivity index (χ1n) is 12.4.